The number of H-pyrrole nitrogens is 1. The minimum absolute atomic E-state index is 0.0671. The summed E-state index contributed by atoms with van der Waals surface area (Å²) in [6, 6.07) is 17.5. The van der Waals surface area contributed by atoms with E-state index in [-0.39, 0.29) is 17.7 Å². The van der Waals surface area contributed by atoms with E-state index in [4.69, 9.17) is 0 Å². The van der Waals surface area contributed by atoms with E-state index in [1.807, 2.05) is 60.0 Å². The van der Waals surface area contributed by atoms with Crippen LogP contribution in [-0.2, 0) is 4.79 Å². The summed E-state index contributed by atoms with van der Waals surface area (Å²) in [4.78, 5) is 22.1. The summed E-state index contributed by atoms with van der Waals surface area (Å²) in [5.41, 5.74) is 1.96. The molecule has 8 heteroatoms. The summed E-state index contributed by atoms with van der Waals surface area (Å²) in [6.45, 7) is 0. The molecule has 0 aliphatic heterocycles. The highest BCUT2D eigenvalue weighted by Crippen LogP contribution is 2.26. The van der Waals surface area contributed by atoms with Gasteiger partial charge in [0.05, 0.1) is 11.8 Å². The van der Waals surface area contributed by atoms with Crippen molar-refractivity contribution in [1.82, 2.24) is 25.5 Å². The standard InChI is InChI=1S/C20H17N5OS2/c26-17(13-28-20-23-19(24-25-20)15-8-10-21-11-9-15)22-18(16-7-4-12-27-16)14-5-2-1-3-6-14/h1-12,18H,13H2,(H,22,26)(H,23,24,25)/t18-/m1/s1. The Balaban J connectivity index is 1.40. The predicted octanol–water partition coefficient (Wildman–Crippen LogP) is 3.93. The quantitative estimate of drug-likeness (QED) is 0.454. The summed E-state index contributed by atoms with van der Waals surface area (Å²) < 4.78 is 0. The molecular weight excluding hydrogens is 390 g/mol. The van der Waals surface area contributed by atoms with Crippen molar-refractivity contribution in [2.75, 3.05) is 5.75 Å². The van der Waals surface area contributed by atoms with E-state index in [9.17, 15) is 4.79 Å². The molecule has 1 aromatic carbocycles. The Labute approximate surface area is 170 Å². The maximum Gasteiger partial charge on any atom is 0.231 e. The van der Waals surface area contributed by atoms with Crippen molar-refractivity contribution >= 4 is 29.0 Å². The number of aromatic nitrogens is 4. The maximum absolute atomic E-state index is 12.6. The number of aromatic amines is 1. The molecule has 0 aliphatic rings. The Morgan fingerprint density at radius 1 is 1.11 bits per heavy atom. The van der Waals surface area contributed by atoms with Gasteiger partial charge in [-0.05, 0) is 29.1 Å². The number of thiophene rings is 1. The van der Waals surface area contributed by atoms with Gasteiger partial charge in [0.1, 0.15) is 0 Å². The van der Waals surface area contributed by atoms with Crippen LogP contribution in [0, 0.1) is 0 Å². The van der Waals surface area contributed by atoms with E-state index >= 15 is 0 Å². The number of carbonyl (C=O) groups is 1. The highest BCUT2D eigenvalue weighted by atomic mass is 32.2. The average molecular weight is 408 g/mol. The average Bonchev–Trinajstić information content (AvgIpc) is 3.44. The number of carbonyl (C=O) groups excluding carboxylic acids is 1. The fourth-order valence-corrected chi connectivity index (χ4v) is 4.11. The van der Waals surface area contributed by atoms with E-state index in [1.165, 1.54) is 11.8 Å². The zero-order chi connectivity index (χ0) is 19.2. The van der Waals surface area contributed by atoms with Gasteiger partial charge in [0.25, 0.3) is 0 Å². The zero-order valence-corrected chi connectivity index (χ0v) is 16.4. The summed E-state index contributed by atoms with van der Waals surface area (Å²) in [7, 11) is 0. The van der Waals surface area contributed by atoms with Gasteiger partial charge in [-0.1, -0.05) is 48.2 Å². The fraction of sp³-hybridized carbons (Fsp3) is 0.100. The molecule has 2 N–H and O–H groups in total. The van der Waals surface area contributed by atoms with Crippen LogP contribution in [0.15, 0.2) is 77.5 Å². The molecule has 4 aromatic rings. The van der Waals surface area contributed by atoms with Crippen LogP contribution in [0.25, 0.3) is 11.4 Å². The summed E-state index contributed by atoms with van der Waals surface area (Å²) in [5.74, 6) is 0.830. The molecule has 1 amide bonds. The normalized spacial score (nSPS) is 11.9. The molecule has 0 unspecified atom stereocenters. The van der Waals surface area contributed by atoms with Crippen molar-refractivity contribution in [3.63, 3.8) is 0 Å². The van der Waals surface area contributed by atoms with Crippen molar-refractivity contribution in [2.45, 2.75) is 11.2 Å². The first-order valence-corrected chi connectivity index (χ1v) is 10.5. The van der Waals surface area contributed by atoms with E-state index in [1.54, 1.807) is 23.7 Å². The molecule has 3 heterocycles. The zero-order valence-electron chi connectivity index (χ0n) is 14.8. The number of nitrogens with one attached hydrogen (secondary N) is 2. The lowest BCUT2D eigenvalue weighted by molar-refractivity contribution is -0.119. The second-order valence-electron chi connectivity index (χ2n) is 5.92. The van der Waals surface area contributed by atoms with Crippen molar-refractivity contribution in [3.8, 4) is 11.4 Å². The monoisotopic (exact) mass is 407 g/mol. The largest absolute Gasteiger partial charge is 0.344 e. The lowest BCUT2D eigenvalue weighted by atomic mass is 10.1. The molecule has 0 radical (unpaired) electrons. The molecule has 0 saturated carbocycles. The van der Waals surface area contributed by atoms with E-state index < -0.39 is 0 Å². The third-order valence-electron chi connectivity index (χ3n) is 4.02. The highest BCUT2D eigenvalue weighted by molar-refractivity contribution is 7.99. The number of pyridine rings is 1. The lowest BCUT2D eigenvalue weighted by Gasteiger charge is -2.17. The fourth-order valence-electron chi connectivity index (χ4n) is 2.70. The Hall–Kier alpha value is -2.97. The van der Waals surface area contributed by atoms with Gasteiger partial charge in [0, 0.05) is 22.8 Å². The van der Waals surface area contributed by atoms with Gasteiger partial charge in [0.15, 0.2) is 5.82 Å². The molecule has 0 bridgehead atoms. The molecule has 1 atom stereocenters. The van der Waals surface area contributed by atoms with Gasteiger partial charge in [-0.2, -0.15) is 0 Å². The molecule has 3 aromatic heterocycles. The number of benzene rings is 1. The Kier molecular flexibility index (Phi) is 5.79. The minimum Gasteiger partial charge on any atom is -0.344 e. The maximum atomic E-state index is 12.6. The first kappa shape index (κ1) is 18.4. The van der Waals surface area contributed by atoms with Crippen LogP contribution in [0.2, 0.25) is 0 Å². The molecule has 0 fully saturated rings. The van der Waals surface area contributed by atoms with Gasteiger partial charge < -0.3 is 5.32 Å². The van der Waals surface area contributed by atoms with Crippen LogP contribution in [0.1, 0.15) is 16.5 Å². The van der Waals surface area contributed by atoms with Crippen molar-refractivity contribution < 1.29 is 4.79 Å². The summed E-state index contributed by atoms with van der Waals surface area (Å²) >= 11 is 2.93. The number of amides is 1. The van der Waals surface area contributed by atoms with Crippen LogP contribution in [0.5, 0.6) is 0 Å². The summed E-state index contributed by atoms with van der Waals surface area (Å²) in [5, 5.41) is 12.7. The molecule has 6 nitrogen and oxygen atoms in total. The van der Waals surface area contributed by atoms with Crippen molar-refractivity contribution in [3.05, 3.63) is 82.8 Å². The number of hydrogen-bond acceptors (Lipinski definition) is 6. The van der Waals surface area contributed by atoms with Gasteiger partial charge in [0.2, 0.25) is 11.1 Å². The highest BCUT2D eigenvalue weighted by Gasteiger charge is 2.18. The van der Waals surface area contributed by atoms with Crippen LogP contribution in [0.4, 0.5) is 0 Å². The number of nitrogens with zero attached hydrogens (tertiary/aromatic N) is 3. The van der Waals surface area contributed by atoms with Crippen LogP contribution >= 0.6 is 23.1 Å². The van der Waals surface area contributed by atoms with Gasteiger partial charge in [-0.3, -0.25) is 14.9 Å². The SMILES string of the molecule is O=C(CSc1n[nH]c(-c2ccncc2)n1)N[C@H](c1ccccc1)c1cccs1. The molecule has 0 saturated heterocycles. The number of rotatable bonds is 7. The number of hydrogen-bond donors (Lipinski definition) is 2. The Bertz CT molecular complexity index is 1020. The number of thioether (sulfide) groups is 1. The molecule has 4 rings (SSSR count). The topological polar surface area (TPSA) is 83.6 Å². The van der Waals surface area contributed by atoms with E-state index in [0.717, 1.165) is 16.0 Å². The van der Waals surface area contributed by atoms with Gasteiger partial charge >= 0.3 is 0 Å². The summed E-state index contributed by atoms with van der Waals surface area (Å²) in [6.07, 6.45) is 3.40. The smallest absolute Gasteiger partial charge is 0.231 e. The van der Waals surface area contributed by atoms with E-state index in [2.05, 4.69) is 25.5 Å². The lowest BCUT2D eigenvalue weighted by Crippen LogP contribution is -2.30. The molecular formula is C20H17N5OS2. The van der Waals surface area contributed by atoms with Gasteiger partial charge in [-0.25, -0.2) is 4.98 Å². The van der Waals surface area contributed by atoms with E-state index in [0.29, 0.717) is 11.0 Å². The third kappa shape index (κ3) is 4.47. The van der Waals surface area contributed by atoms with Gasteiger partial charge in [-0.15, -0.1) is 16.4 Å². The molecule has 0 aliphatic carbocycles. The second-order valence-corrected chi connectivity index (χ2v) is 7.84. The van der Waals surface area contributed by atoms with Crippen LogP contribution in [0.3, 0.4) is 0 Å². The molecule has 28 heavy (non-hydrogen) atoms. The van der Waals surface area contributed by atoms with Crippen LogP contribution < -0.4 is 5.32 Å². The minimum atomic E-state index is -0.158. The Morgan fingerprint density at radius 3 is 2.68 bits per heavy atom. The van der Waals surface area contributed by atoms with Crippen molar-refractivity contribution in [1.29, 1.82) is 0 Å². The molecule has 140 valence electrons. The Morgan fingerprint density at radius 2 is 1.93 bits per heavy atom. The first-order chi connectivity index (χ1) is 13.8. The molecule has 0 spiro atoms. The second kappa shape index (κ2) is 8.81. The van der Waals surface area contributed by atoms with Crippen molar-refractivity contribution in [2.24, 2.45) is 0 Å². The predicted molar refractivity (Wildman–Crippen MR) is 111 cm³/mol. The van der Waals surface area contributed by atoms with Crippen LogP contribution in [-0.4, -0.2) is 31.8 Å². The third-order valence-corrected chi connectivity index (χ3v) is 5.80. The first-order valence-electron chi connectivity index (χ1n) is 8.63.